The predicted octanol–water partition coefficient (Wildman–Crippen LogP) is 2.04. The van der Waals surface area contributed by atoms with Crippen LogP contribution in [0.5, 0.6) is 5.75 Å². The van der Waals surface area contributed by atoms with Crippen LogP contribution in [0.3, 0.4) is 0 Å². The molecule has 0 fully saturated rings. The Kier molecular flexibility index (Phi) is 3.83. The minimum absolute atomic E-state index is 0.297. The van der Waals surface area contributed by atoms with E-state index >= 15 is 0 Å². The molecule has 4 nitrogen and oxygen atoms in total. The highest BCUT2D eigenvalue weighted by Gasteiger charge is 2.09. The standard InChI is InChI=1S/C12H12O4/c1-4-9-5-10(12(14)15-3)7-11(6-9)16-8(2)13/h4-7H,1H2,2-3H3. The third kappa shape index (κ3) is 2.95. The summed E-state index contributed by atoms with van der Waals surface area (Å²) >= 11 is 0. The number of carbonyl (C=O) groups is 2. The predicted molar refractivity (Wildman–Crippen MR) is 59.2 cm³/mol. The molecular weight excluding hydrogens is 208 g/mol. The highest BCUT2D eigenvalue weighted by Crippen LogP contribution is 2.19. The Labute approximate surface area is 93.5 Å². The number of rotatable bonds is 3. The van der Waals surface area contributed by atoms with Gasteiger partial charge in [0.05, 0.1) is 12.7 Å². The van der Waals surface area contributed by atoms with E-state index in [1.54, 1.807) is 18.2 Å². The Bertz CT molecular complexity index is 435. The fourth-order valence-corrected chi connectivity index (χ4v) is 1.20. The molecule has 0 atom stereocenters. The highest BCUT2D eigenvalue weighted by molar-refractivity contribution is 5.90. The molecule has 0 radical (unpaired) electrons. The molecule has 0 spiro atoms. The van der Waals surface area contributed by atoms with Crippen LogP contribution < -0.4 is 4.74 Å². The fourth-order valence-electron chi connectivity index (χ4n) is 1.20. The summed E-state index contributed by atoms with van der Waals surface area (Å²) < 4.78 is 9.48. The van der Waals surface area contributed by atoms with Crippen molar-refractivity contribution in [1.82, 2.24) is 0 Å². The summed E-state index contributed by atoms with van der Waals surface area (Å²) in [5.74, 6) is -0.639. The van der Waals surface area contributed by atoms with Crippen LogP contribution >= 0.6 is 0 Å². The lowest BCUT2D eigenvalue weighted by Gasteiger charge is -2.05. The van der Waals surface area contributed by atoms with Crippen LogP contribution in [0.15, 0.2) is 24.8 Å². The van der Waals surface area contributed by atoms with Crippen LogP contribution in [-0.2, 0) is 9.53 Å². The molecule has 4 heteroatoms. The van der Waals surface area contributed by atoms with Gasteiger partial charge in [-0.05, 0) is 23.8 Å². The molecular formula is C12H12O4. The summed E-state index contributed by atoms with van der Waals surface area (Å²) in [7, 11) is 1.29. The smallest absolute Gasteiger partial charge is 0.338 e. The van der Waals surface area contributed by atoms with Crippen LogP contribution in [0, 0.1) is 0 Å². The number of hydrogen-bond acceptors (Lipinski definition) is 4. The summed E-state index contributed by atoms with van der Waals surface area (Å²) in [4.78, 5) is 22.1. The van der Waals surface area contributed by atoms with E-state index in [4.69, 9.17) is 4.74 Å². The van der Waals surface area contributed by atoms with Crippen LogP contribution in [-0.4, -0.2) is 19.0 Å². The van der Waals surface area contributed by atoms with E-state index in [-0.39, 0.29) is 0 Å². The van der Waals surface area contributed by atoms with E-state index in [1.807, 2.05) is 0 Å². The van der Waals surface area contributed by atoms with Crippen molar-refractivity contribution < 1.29 is 19.1 Å². The quantitative estimate of drug-likeness (QED) is 0.577. The third-order valence-corrected chi connectivity index (χ3v) is 1.85. The zero-order chi connectivity index (χ0) is 12.1. The SMILES string of the molecule is C=Cc1cc(OC(C)=O)cc(C(=O)OC)c1. The molecule has 0 heterocycles. The van der Waals surface area contributed by atoms with Crippen molar-refractivity contribution in [3.63, 3.8) is 0 Å². The second-order valence-electron chi connectivity index (χ2n) is 3.08. The lowest BCUT2D eigenvalue weighted by molar-refractivity contribution is -0.131. The lowest BCUT2D eigenvalue weighted by Crippen LogP contribution is -2.05. The fraction of sp³-hybridized carbons (Fsp3) is 0.167. The molecule has 0 unspecified atom stereocenters. The zero-order valence-corrected chi connectivity index (χ0v) is 9.15. The van der Waals surface area contributed by atoms with Gasteiger partial charge in [-0.1, -0.05) is 12.7 Å². The minimum Gasteiger partial charge on any atom is -0.465 e. The summed E-state index contributed by atoms with van der Waals surface area (Å²) in [6, 6.07) is 4.66. The maximum Gasteiger partial charge on any atom is 0.338 e. The minimum atomic E-state index is -0.489. The van der Waals surface area contributed by atoms with E-state index in [2.05, 4.69) is 11.3 Å². The Morgan fingerprint density at radius 1 is 1.31 bits per heavy atom. The number of methoxy groups -OCH3 is 1. The molecule has 0 amide bonds. The van der Waals surface area contributed by atoms with E-state index < -0.39 is 11.9 Å². The maximum atomic E-state index is 11.3. The van der Waals surface area contributed by atoms with Crippen molar-refractivity contribution in [2.45, 2.75) is 6.92 Å². The average molecular weight is 220 g/mol. The van der Waals surface area contributed by atoms with Gasteiger partial charge in [-0.2, -0.15) is 0 Å². The number of hydrogen-bond donors (Lipinski definition) is 0. The topological polar surface area (TPSA) is 52.6 Å². The van der Waals surface area contributed by atoms with Gasteiger partial charge < -0.3 is 9.47 Å². The molecule has 0 N–H and O–H groups in total. The molecule has 0 bridgehead atoms. The molecule has 0 saturated carbocycles. The molecule has 0 saturated heterocycles. The Morgan fingerprint density at radius 3 is 2.50 bits per heavy atom. The zero-order valence-electron chi connectivity index (χ0n) is 9.15. The Morgan fingerprint density at radius 2 is 2.00 bits per heavy atom. The summed E-state index contributed by atoms with van der Waals surface area (Å²) in [6.07, 6.45) is 1.55. The molecule has 16 heavy (non-hydrogen) atoms. The van der Waals surface area contributed by atoms with Crippen molar-refractivity contribution in [3.05, 3.63) is 35.9 Å². The van der Waals surface area contributed by atoms with Crippen molar-refractivity contribution in [1.29, 1.82) is 0 Å². The van der Waals surface area contributed by atoms with E-state index in [0.29, 0.717) is 16.9 Å². The molecule has 1 rings (SSSR count). The van der Waals surface area contributed by atoms with E-state index in [9.17, 15) is 9.59 Å². The molecule has 0 aliphatic rings. The van der Waals surface area contributed by atoms with Crippen LogP contribution in [0.2, 0.25) is 0 Å². The van der Waals surface area contributed by atoms with Gasteiger partial charge in [0.25, 0.3) is 0 Å². The molecule has 84 valence electrons. The van der Waals surface area contributed by atoms with Gasteiger partial charge in [-0.3, -0.25) is 4.79 Å². The first-order chi connectivity index (χ1) is 7.56. The second kappa shape index (κ2) is 5.11. The number of carbonyl (C=O) groups excluding carboxylic acids is 2. The first-order valence-electron chi connectivity index (χ1n) is 4.61. The first kappa shape index (κ1) is 12.0. The van der Waals surface area contributed by atoms with Gasteiger partial charge in [0.1, 0.15) is 5.75 Å². The number of benzene rings is 1. The summed E-state index contributed by atoms with van der Waals surface area (Å²) in [6.45, 7) is 4.87. The summed E-state index contributed by atoms with van der Waals surface area (Å²) in [5, 5.41) is 0. The van der Waals surface area contributed by atoms with E-state index in [1.165, 1.54) is 20.1 Å². The van der Waals surface area contributed by atoms with Crippen LogP contribution in [0.1, 0.15) is 22.8 Å². The van der Waals surface area contributed by atoms with Crippen molar-refractivity contribution in [3.8, 4) is 5.75 Å². The van der Waals surface area contributed by atoms with Crippen LogP contribution in [0.25, 0.3) is 6.08 Å². The number of ether oxygens (including phenoxy) is 2. The second-order valence-corrected chi connectivity index (χ2v) is 3.08. The Balaban J connectivity index is 3.15. The van der Waals surface area contributed by atoms with Gasteiger partial charge in [0.15, 0.2) is 0 Å². The number of esters is 2. The molecule has 0 aromatic heterocycles. The molecule has 1 aromatic rings. The Hall–Kier alpha value is -2.10. The van der Waals surface area contributed by atoms with Crippen molar-refractivity contribution in [2.75, 3.05) is 7.11 Å². The van der Waals surface area contributed by atoms with Gasteiger partial charge >= 0.3 is 11.9 Å². The summed E-state index contributed by atoms with van der Waals surface area (Å²) in [5.41, 5.74) is 0.996. The maximum absolute atomic E-state index is 11.3. The van der Waals surface area contributed by atoms with Gasteiger partial charge in [0, 0.05) is 6.92 Å². The molecule has 0 aliphatic carbocycles. The van der Waals surface area contributed by atoms with E-state index in [0.717, 1.165) is 0 Å². The van der Waals surface area contributed by atoms with Crippen LogP contribution in [0.4, 0.5) is 0 Å². The third-order valence-electron chi connectivity index (χ3n) is 1.85. The first-order valence-corrected chi connectivity index (χ1v) is 4.61. The van der Waals surface area contributed by atoms with Gasteiger partial charge in [-0.25, -0.2) is 4.79 Å². The lowest BCUT2D eigenvalue weighted by atomic mass is 10.1. The average Bonchev–Trinajstić information content (AvgIpc) is 2.26. The normalized spacial score (nSPS) is 9.38. The monoisotopic (exact) mass is 220 g/mol. The van der Waals surface area contributed by atoms with Gasteiger partial charge in [-0.15, -0.1) is 0 Å². The highest BCUT2D eigenvalue weighted by atomic mass is 16.5. The molecule has 0 aliphatic heterocycles. The molecule has 1 aromatic carbocycles. The van der Waals surface area contributed by atoms with Gasteiger partial charge in [0.2, 0.25) is 0 Å². The largest absolute Gasteiger partial charge is 0.465 e. The van der Waals surface area contributed by atoms with Crippen molar-refractivity contribution >= 4 is 18.0 Å². The van der Waals surface area contributed by atoms with Crippen molar-refractivity contribution in [2.24, 2.45) is 0 Å².